The third kappa shape index (κ3) is 20.0. The highest BCUT2D eigenvalue weighted by molar-refractivity contribution is 7.83. The Morgan fingerprint density at radius 3 is 0.765 bits per heavy atom. The largest absolute Gasteiger partial charge is 0.456 e. The van der Waals surface area contributed by atoms with Gasteiger partial charge in [-0.25, -0.2) is 0 Å². The molecule has 0 aliphatic rings. The van der Waals surface area contributed by atoms with E-state index in [0.29, 0.717) is 0 Å². The van der Waals surface area contributed by atoms with Crippen molar-refractivity contribution in [1.29, 1.82) is 0 Å². The van der Waals surface area contributed by atoms with Crippen LogP contribution in [0.3, 0.4) is 0 Å². The second-order valence-corrected chi connectivity index (χ2v) is 160. The van der Waals surface area contributed by atoms with Gasteiger partial charge in [0.25, 0.3) is 18.6 Å². The van der Waals surface area contributed by atoms with E-state index < -0.39 is 254 Å². The van der Waals surface area contributed by atoms with Gasteiger partial charge >= 0.3 is 201 Å². The highest BCUT2D eigenvalue weighted by Gasteiger charge is 2.57. The van der Waals surface area contributed by atoms with Crippen molar-refractivity contribution in [3.8, 4) is 0 Å². The quantitative estimate of drug-likeness (QED) is 0.0540. The van der Waals surface area contributed by atoms with Crippen molar-refractivity contribution in [2.45, 2.75) is 45.8 Å². The van der Waals surface area contributed by atoms with Crippen LogP contribution in [0.25, 0.3) is 0 Å². The van der Waals surface area contributed by atoms with Crippen molar-refractivity contribution >= 4 is 254 Å². The topological polar surface area (TPSA) is 472 Å². The molecule has 0 aliphatic heterocycles. The summed E-state index contributed by atoms with van der Waals surface area (Å²) >= 11 is 0. The lowest BCUT2D eigenvalue weighted by Gasteiger charge is -2.21. The van der Waals surface area contributed by atoms with Gasteiger partial charge in [0.05, 0.1) is 0 Å². The number of hydrogen-bond donors (Lipinski definition) is 0. The fourth-order valence-electron chi connectivity index (χ4n) is 3.84. The van der Waals surface area contributed by atoms with E-state index >= 15 is 0 Å². The van der Waals surface area contributed by atoms with Crippen molar-refractivity contribution in [2.24, 2.45) is 0 Å². The first-order valence-electron chi connectivity index (χ1n) is 17.6. The Labute approximate surface area is 423 Å². The minimum atomic E-state index is -4.59. The molecule has 1 unspecified atom stereocenters. The lowest BCUT2D eigenvalue weighted by molar-refractivity contribution is 0.531. The highest BCUT2D eigenvalue weighted by atomic mass is 30.1. The molecule has 0 aromatic rings. The smallest absolute Gasteiger partial charge is 0.381 e. The molecule has 0 heterocycles. The summed E-state index contributed by atoms with van der Waals surface area (Å²) in [6.07, 6.45) is 0. The predicted molar refractivity (Wildman–Crippen MR) is 250 cm³/mol. The Bertz CT molecular complexity index is 2610. The average molecular weight is 1470 g/mol. The molecule has 0 saturated carbocycles. The molecule has 0 aromatic heterocycles. The molecule has 4 radical (unpaired) electrons. The van der Waals surface area contributed by atoms with Crippen molar-refractivity contribution in [3.05, 3.63) is 0 Å². The monoisotopic (exact) mass is 1470 g/mol. The third-order valence-electron chi connectivity index (χ3n) is 7.13. The zero-order chi connectivity index (χ0) is 53.8. The van der Waals surface area contributed by atoms with Crippen molar-refractivity contribution < 1.29 is 128 Å². The predicted octanol–water partition coefficient (Wildman–Crippen LogP) is -12.2. The second-order valence-electron chi connectivity index (χ2n) is 13.4. The maximum Gasteiger partial charge on any atom is 0.381 e. The van der Waals surface area contributed by atoms with E-state index in [2.05, 4.69) is 0 Å². The summed E-state index contributed by atoms with van der Waals surface area (Å²) in [7, 11) is -120. The minimum absolute atomic E-state index is 0.744. The van der Waals surface area contributed by atoms with Crippen LogP contribution in [-0.2, 0) is 128 Å². The minimum Gasteiger partial charge on any atom is -0.456 e. The van der Waals surface area contributed by atoms with Gasteiger partial charge in [0.2, 0.25) is 16.4 Å². The van der Waals surface area contributed by atoms with Gasteiger partial charge in [-0.1, -0.05) is 0 Å². The molecule has 61 heteroatoms. The molecule has 0 aromatic carbocycles. The normalized spacial score (nSPS) is 11.1. The van der Waals surface area contributed by atoms with Crippen LogP contribution in [0.5, 0.6) is 0 Å². The number of hydrogen-bond acceptors (Lipinski definition) is 29. The Morgan fingerprint density at radius 1 is 0.294 bits per heavy atom. The average Bonchev–Trinajstić information content (AvgIpc) is 3.30. The van der Waals surface area contributed by atoms with E-state index in [0.717, 1.165) is 6.55 Å². The molecule has 0 N–H and O–H groups in total. The fourth-order valence-corrected chi connectivity index (χ4v) is 330. The maximum atomic E-state index is 12.8. The molecule has 29 nitrogen and oxygen atoms in total. The van der Waals surface area contributed by atoms with E-state index in [9.17, 15) is 116 Å². The lowest BCUT2D eigenvalue weighted by atomic mass is 11.9. The molecular weight excluding hydrogens is 1450 g/mol. The summed E-state index contributed by atoms with van der Waals surface area (Å²) in [5.41, 5.74) is 0. The summed E-state index contributed by atoms with van der Waals surface area (Å²) in [5, 5.41) is 0. The molecule has 0 rings (SSSR count). The van der Waals surface area contributed by atoms with Crippen LogP contribution in [0, 0.1) is 0 Å². The molecule has 0 fully saturated rings. The van der Waals surface area contributed by atoms with E-state index in [-0.39, 0.29) is 0 Å². The Hall–Kier alpha value is 1.62. The van der Waals surface area contributed by atoms with Crippen LogP contribution in [0.15, 0.2) is 0 Å². The van der Waals surface area contributed by atoms with E-state index in [1.807, 2.05) is 0 Å². The molecule has 68 heavy (non-hydrogen) atoms. The molecule has 354 valence electrons. The van der Waals surface area contributed by atoms with Gasteiger partial charge in [0.15, 0.2) is 18.1 Å². The van der Waals surface area contributed by atoms with Gasteiger partial charge < -0.3 is 128 Å². The van der Waals surface area contributed by atoms with Crippen molar-refractivity contribution in [2.75, 3.05) is 0 Å². The zero-order valence-electron chi connectivity index (χ0n) is 35.1. The van der Waals surface area contributed by atoms with Gasteiger partial charge in [-0.05, 0) is 45.8 Å². The van der Waals surface area contributed by atoms with E-state index in [1.165, 1.54) is 13.1 Å². The summed E-state index contributed by atoms with van der Waals surface area (Å²) in [6.45, 7) is 10.6. The zero-order valence-corrected chi connectivity index (χ0v) is 67.5. The first-order chi connectivity index (χ1) is 30.9. The third-order valence-corrected chi connectivity index (χ3v) is 232. The van der Waals surface area contributed by atoms with Gasteiger partial charge in [0.1, 0.15) is 0 Å². The molecule has 0 amide bonds. The van der Waals surface area contributed by atoms with Crippen LogP contribution < -0.4 is 0 Å². The van der Waals surface area contributed by atoms with Crippen molar-refractivity contribution in [3.63, 3.8) is 0 Å². The van der Waals surface area contributed by atoms with Crippen molar-refractivity contribution in [1.82, 2.24) is 0 Å². The molecule has 0 aliphatic carbocycles. The lowest BCUT2D eigenvalue weighted by Crippen LogP contribution is -2.58. The van der Waals surface area contributed by atoms with Gasteiger partial charge in [0, 0.05) is 0 Å². The summed E-state index contributed by atoms with van der Waals surface area (Å²) in [5.74, 6) is 0. The first-order valence-corrected chi connectivity index (χ1v) is 94.9. The van der Waals surface area contributed by atoms with Crippen LogP contribution in [-0.4, -0.2) is 254 Å². The highest BCUT2D eigenvalue weighted by Crippen LogP contribution is 2.07. The molecule has 0 bridgehead atoms. The second kappa shape index (κ2) is 31.6. The van der Waals surface area contributed by atoms with Gasteiger partial charge in [-0.15, -0.1) is 0 Å². The SMILES string of the molecule is C[SiH](C)O[Si][Si](=O)[Si](=O)[Si](=O)[Si](=O)[Si](=O)[SiH](C)O[Si][Si](=O)[Si](=O)[Si](=O)[Si](=O)[Si](=O)[Si](=O)[Si](=O)[Si](=O)[Si](=O)[Si](=O)[Si](=O)[Si](=O)[Si](=O)[Si](=O)[Si](=O)[Si](=O)[Si](=O)[Si](=O)[Si](=O)[Si](=O)[Si](=O)[Si](C)(C)O[SiH](C)C. The summed E-state index contributed by atoms with van der Waals surface area (Å²) in [6, 6.07) is 0. The van der Waals surface area contributed by atoms with Crippen LogP contribution in [0.4, 0.5) is 0 Å². The Balaban J connectivity index is 5.70. The molecule has 0 saturated heterocycles. The van der Waals surface area contributed by atoms with Crippen LogP contribution >= 0.6 is 0 Å². The summed E-state index contributed by atoms with van der Waals surface area (Å²) < 4.78 is 346. The van der Waals surface area contributed by atoms with Gasteiger partial charge in [-0.2, -0.15) is 0 Å². The van der Waals surface area contributed by atoms with E-state index in [1.54, 1.807) is 26.2 Å². The standard InChI is InChI=1S/C7H24O29Si32/c1-39(2)34-37-42(8)45(11)48(14)47(13)44(10)41(5)35-38-43(9)46(12)49(15)50(16)51(17)52(18)53(19)54(20)55(21)56(22)57(23)58(24)59(25)60(26)61(27)62(28)63(29)64(30)65(31)66(32)67(33)68(6,7)36-40(3)4/h39-41H,1-7H3. The Kier molecular flexibility index (Phi) is 32.4. The maximum absolute atomic E-state index is 12.8. The van der Waals surface area contributed by atoms with Gasteiger partial charge in [-0.3, -0.25) is 0 Å². The summed E-state index contributed by atoms with van der Waals surface area (Å²) in [4.78, 5) is 0. The molecule has 0 spiro atoms. The molecular formula is C7H24O29Si32. The fraction of sp³-hybridized carbons (Fsp3) is 1.00. The van der Waals surface area contributed by atoms with E-state index in [4.69, 9.17) is 12.3 Å². The number of rotatable bonds is 34. The van der Waals surface area contributed by atoms with Crippen LogP contribution in [0.1, 0.15) is 0 Å². The molecule has 1 atom stereocenters. The first kappa shape index (κ1) is 69.6. The van der Waals surface area contributed by atoms with Crippen LogP contribution in [0.2, 0.25) is 45.8 Å². The Morgan fingerprint density at radius 2 is 0.515 bits per heavy atom.